The molecule has 1 aliphatic heterocycles. The van der Waals surface area contributed by atoms with Gasteiger partial charge in [-0.2, -0.15) is 0 Å². The summed E-state index contributed by atoms with van der Waals surface area (Å²) in [5.74, 6) is 0.359. The molecule has 0 aromatic carbocycles. The van der Waals surface area contributed by atoms with E-state index < -0.39 is 5.43 Å². The smallest absolute Gasteiger partial charge is 0.403 e. The highest BCUT2D eigenvalue weighted by molar-refractivity contribution is 6.61. The molecule has 0 saturated carbocycles. The fourth-order valence-corrected chi connectivity index (χ4v) is 0.950. The average Bonchev–Trinajstić information content (AvgIpc) is 2.31. The zero-order valence-corrected chi connectivity index (χ0v) is 12.4. The van der Waals surface area contributed by atoms with Crippen LogP contribution in [0.2, 0.25) is 0 Å². The summed E-state index contributed by atoms with van der Waals surface area (Å²) in [4.78, 5) is 12.2. The summed E-state index contributed by atoms with van der Waals surface area (Å²) in [7, 11) is 2.11. The third-order valence-corrected chi connectivity index (χ3v) is 1.87. The van der Waals surface area contributed by atoms with Gasteiger partial charge >= 0.3 is 5.43 Å². The molecule has 0 aromatic heterocycles. The van der Waals surface area contributed by atoms with Gasteiger partial charge in [-0.3, -0.25) is 0 Å². The number of morpholine rings is 1. The molecule has 0 aromatic rings. The quantitative estimate of drug-likeness (QED) is 0.721. The highest BCUT2D eigenvalue weighted by Gasteiger charge is 2.02. The van der Waals surface area contributed by atoms with Gasteiger partial charge in [0.25, 0.3) is 0 Å². The Bertz CT molecular complexity index is 171. The Balaban J connectivity index is 0. The van der Waals surface area contributed by atoms with Crippen LogP contribution in [0.25, 0.3) is 0 Å². The first-order valence-electron chi connectivity index (χ1n) is 6.11. The highest BCUT2D eigenvalue weighted by Crippen LogP contribution is 1.94. The van der Waals surface area contributed by atoms with Gasteiger partial charge < -0.3 is 14.4 Å². The van der Waals surface area contributed by atoms with Gasteiger partial charge in [0.05, 0.1) is 19.8 Å². The third-order valence-electron chi connectivity index (χ3n) is 1.76. The van der Waals surface area contributed by atoms with Crippen LogP contribution in [0.4, 0.5) is 4.79 Å². The number of likely N-dealkylation sites (N-methyl/N-ethyl adjacent to an activating group) is 1. The van der Waals surface area contributed by atoms with Crippen molar-refractivity contribution in [2.24, 2.45) is 5.92 Å². The van der Waals surface area contributed by atoms with Crippen LogP contribution in [-0.2, 0) is 9.47 Å². The summed E-state index contributed by atoms with van der Waals surface area (Å²) in [6.07, 6.45) is 0. The number of hydrogen-bond acceptors (Lipinski definition) is 4. The van der Waals surface area contributed by atoms with E-state index in [9.17, 15) is 4.79 Å². The molecule has 1 rings (SSSR count). The van der Waals surface area contributed by atoms with Crippen LogP contribution in [0.1, 0.15) is 27.7 Å². The molecule has 1 saturated heterocycles. The Kier molecular flexibility index (Phi) is 15.4. The van der Waals surface area contributed by atoms with Crippen molar-refractivity contribution in [2.45, 2.75) is 27.7 Å². The molecule has 1 fully saturated rings. The molecule has 0 radical (unpaired) electrons. The number of halogens is 1. The van der Waals surface area contributed by atoms with Gasteiger partial charge in [-0.05, 0) is 13.0 Å². The Hall–Kier alpha value is -0.320. The number of carbonyl (C=O) groups is 1. The molecule has 104 valence electrons. The Morgan fingerprint density at radius 2 is 1.82 bits per heavy atom. The molecule has 1 heterocycles. The van der Waals surface area contributed by atoms with E-state index >= 15 is 0 Å². The minimum atomic E-state index is -0.723. The van der Waals surface area contributed by atoms with Crippen LogP contribution in [0, 0.1) is 5.92 Å². The molecule has 0 bridgehead atoms. The van der Waals surface area contributed by atoms with E-state index in [-0.39, 0.29) is 0 Å². The van der Waals surface area contributed by atoms with Gasteiger partial charge in [0.15, 0.2) is 0 Å². The van der Waals surface area contributed by atoms with Crippen LogP contribution in [0.5, 0.6) is 0 Å². The summed E-state index contributed by atoms with van der Waals surface area (Å²) >= 11 is 4.86. The second kappa shape index (κ2) is 13.7. The van der Waals surface area contributed by atoms with Gasteiger partial charge in [-0.25, -0.2) is 4.79 Å². The number of ether oxygens (including phenoxy) is 2. The lowest BCUT2D eigenvalue weighted by Gasteiger charge is -2.21. The molecule has 0 atom stereocenters. The Morgan fingerprint density at radius 1 is 1.35 bits per heavy atom. The first kappa shape index (κ1) is 19.0. The lowest BCUT2D eigenvalue weighted by atomic mass is 10.2. The van der Waals surface area contributed by atoms with Gasteiger partial charge in [0, 0.05) is 24.7 Å². The summed E-state index contributed by atoms with van der Waals surface area (Å²) in [5.41, 5.74) is -0.723. The summed E-state index contributed by atoms with van der Waals surface area (Å²) in [6.45, 7) is 12.3. The van der Waals surface area contributed by atoms with Crippen molar-refractivity contribution in [3.05, 3.63) is 0 Å². The maximum atomic E-state index is 9.89. The highest BCUT2D eigenvalue weighted by atomic mass is 35.5. The SMILES string of the molecule is CC.CC(C)COC(=O)Cl.CN1CCOCC1. The van der Waals surface area contributed by atoms with E-state index in [4.69, 9.17) is 16.3 Å². The lowest BCUT2D eigenvalue weighted by Crippen LogP contribution is -2.32. The normalized spacial score (nSPS) is 15.2. The minimum absolute atomic E-state index is 0.359. The molecular weight excluding hydrogens is 242 g/mol. The molecule has 0 spiro atoms. The van der Waals surface area contributed by atoms with Crippen molar-refractivity contribution in [2.75, 3.05) is 40.0 Å². The maximum absolute atomic E-state index is 9.89. The summed E-state index contributed by atoms with van der Waals surface area (Å²) in [6, 6.07) is 0. The predicted octanol–water partition coefficient (Wildman–Crippen LogP) is 2.99. The monoisotopic (exact) mass is 267 g/mol. The van der Waals surface area contributed by atoms with E-state index in [1.807, 2.05) is 27.7 Å². The first-order valence-corrected chi connectivity index (χ1v) is 6.48. The second-order valence-electron chi connectivity index (χ2n) is 3.86. The minimum Gasteiger partial charge on any atom is -0.453 e. The molecule has 0 unspecified atom stereocenters. The van der Waals surface area contributed by atoms with Gasteiger partial charge in [-0.1, -0.05) is 27.7 Å². The van der Waals surface area contributed by atoms with Crippen molar-refractivity contribution in [3.63, 3.8) is 0 Å². The molecular formula is C12H26ClNO3. The van der Waals surface area contributed by atoms with Crippen molar-refractivity contribution >= 4 is 17.0 Å². The van der Waals surface area contributed by atoms with Gasteiger partial charge in [-0.15, -0.1) is 0 Å². The Labute approximate surface area is 110 Å². The number of hydrogen-bond donors (Lipinski definition) is 0. The molecule has 0 N–H and O–H groups in total. The van der Waals surface area contributed by atoms with Crippen molar-refractivity contribution in [3.8, 4) is 0 Å². The van der Waals surface area contributed by atoms with Crippen LogP contribution >= 0.6 is 11.6 Å². The topological polar surface area (TPSA) is 38.8 Å². The van der Waals surface area contributed by atoms with Gasteiger partial charge in [0.2, 0.25) is 0 Å². The summed E-state index contributed by atoms with van der Waals surface area (Å²) < 4.78 is 9.53. The first-order chi connectivity index (χ1) is 8.02. The van der Waals surface area contributed by atoms with E-state index in [1.54, 1.807) is 0 Å². The fraction of sp³-hybridized carbons (Fsp3) is 0.917. The van der Waals surface area contributed by atoms with Crippen LogP contribution in [0.15, 0.2) is 0 Å². The van der Waals surface area contributed by atoms with E-state index in [0.717, 1.165) is 26.3 Å². The molecule has 0 amide bonds. The van der Waals surface area contributed by atoms with Gasteiger partial charge in [0.1, 0.15) is 0 Å². The standard InChI is InChI=1S/C5H9ClO2.C5H11NO.C2H6/c1-4(2)3-8-5(6)7;1-6-2-4-7-5-3-6;1-2/h4H,3H2,1-2H3;2-5H2,1H3;1-2H3. The lowest BCUT2D eigenvalue weighted by molar-refractivity contribution is 0.0503. The van der Waals surface area contributed by atoms with Crippen molar-refractivity contribution in [1.29, 1.82) is 0 Å². The van der Waals surface area contributed by atoms with Crippen LogP contribution < -0.4 is 0 Å². The van der Waals surface area contributed by atoms with E-state index in [0.29, 0.717) is 12.5 Å². The number of rotatable bonds is 2. The van der Waals surface area contributed by atoms with E-state index in [1.165, 1.54) is 0 Å². The molecule has 4 nitrogen and oxygen atoms in total. The number of carbonyl (C=O) groups excluding carboxylic acids is 1. The molecule has 0 aliphatic carbocycles. The van der Waals surface area contributed by atoms with Crippen LogP contribution in [-0.4, -0.2) is 50.3 Å². The largest absolute Gasteiger partial charge is 0.453 e. The molecule has 1 aliphatic rings. The molecule has 5 heteroatoms. The van der Waals surface area contributed by atoms with Crippen molar-refractivity contribution in [1.82, 2.24) is 4.90 Å². The molecule has 17 heavy (non-hydrogen) atoms. The zero-order valence-electron chi connectivity index (χ0n) is 11.7. The average molecular weight is 268 g/mol. The zero-order chi connectivity index (χ0) is 13.7. The Morgan fingerprint density at radius 3 is 2.00 bits per heavy atom. The maximum Gasteiger partial charge on any atom is 0.403 e. The summed E-state index contributed by atoms with van der Waals surface area (Å²) in [5, 5.41) is 0. The fourth-order valence-electron chi connectivity index (χ4n) is 0.887. The van der Waals surface area contributed by atoms with E-state index in [2.05, 4.69) is 16.7 Å². The predicted molar refractivity (Wildman–Crippen MR) is 71.7 cm³/mol. The second-order valence-corrected chi connectivity index (χ2v) is 4.17. The van der Waals surface area contributed by atoms with Crippen LogP contribution in [0.3, 0.4) is 0 Å². The third kappa shape index (κ3) is 18.3. The van der Waals surface area contributed by atoms with Crippen molar-refractivity contribution < 1.29 is 14.3 Å². The number of nitrogens with zero attached hydrogens (tertiary/aromatic N) is 1.